The van der Waals surface area contributed by atoms with Crippen LogP contribution in [0.1, 0.15) is 23.3 Å². The van der Waals surface area contributed by atoms with E-state index >= 15 is 0 Å². The van der Waals surface area contributed by atoms with Crippen molar-refractivity contribution in [3.8, 4) is 0 Å². The van der Waals surface area contributed by atoms with E-state index in [4.69, 9.17) is 5.11 Å². The number of hydrogen-bond donors (Lipinski definition) is 3. The lowest BCUT2D eigenvalue weighted by Crippen LogP contribution is -2.51. The first kappa shape index (κ1) is 15.1. The van der Waals surface area contributed by atoms with E-state index in [1.165, 1.54) is 4.68 Å². The van der Waals surface area contributed by atoms with Crippen molar-refractivity contribution in [1.29, 1.82) is 0 Å². The van der Waals surface area contributed by atoms with E-state index in [1.807, 2.05) is 5.32 Å². The SMILES string of the molecule is O=C(NCCn1cc(C(=O)O)nn1)NC1(C(F)(F)F)CC1. The highest BCUT2D eigenvalue weighted by molar-refractivity contribution is 5.84. The molecule has 11 heteroatoms. The third kappa shape index (κ3) is 3.41. The average Bonchev–Trinajstić information content (AvgIpc) is 2.99. The smallest absolute Gasteiger partial charge is 0.411 e. The molecule has 1 fully saturated rings. The molecule has 8 nitrogen and oxygen atoms in total. The number of carboxylic acids is 1. The van der Waals surface area contributed by atoms with Gasteiger partial charge in [0.25, 0.3) is 0 Å². The summed E-state index contributed by atoms with van der Waals surface area (Å²) >= 11 is 0. The summed E-state index contributed by atoms with van der Waals surface area (Å²) in [7, 11) is 0. The second-order valence-electron chi connectivity index (χ2n) is 4.63. The van der Waals surface area contributed by atoms with Crippen LogP contribution in [-0.2, 0) is 6.54 Å². The Labute approximate surface area is 116 Å². The molecular formula is C10H12F3N5O3. The molecule has 0 aromatic carbocycles. The first-order valence-electron chi connectivity index (χ1n) is 6.00. The predicted molar refractivity (Wildman–Crippen MR) is 61.5 cm³/mol. The summed E-state index contributed by atoms with van der Waals surface area (Å²) in [5.74, 6) is -1.24. The van der Waals surface area contributed by atoms with Crippen LogP contribution < -0.4 is 10.6 Å². The number of rotatable bonds is 5. The summed E-state index contributed by atoms with van der Waals surface area (Å²) in [5.41, 5.74) is -2.37. The monoisotopic (exact) mass is 307 g/mol. The first-order valence-corrected chi connectivity index (χ1v) is 6.00. The number of aromatic carboxylic acids is 1. The molecule has 21 heavy (non-hydrogen) atoms. The summed E-state index contributed by atoms with van der Waals surface area (Å²) in [6.07, 6.45) is -3.57. The zero-order chi connectivity index (χ0) is 15.7. The Morgan fingerprint density at radius 1 is 1.43 bits per heavy atom. The molecule has 3 N–H and O–H groups in total. The zero-order valence-corrected chi connectivity index (χ0v) is 10.6. The molecule has 0 radical (unpaired) electrons. The van der Waals surface area contributed by atoms with Crippen molar-refractivity contribution in [2.24, 2.45) is 0 Å². The van der Waals surface area contributed by atoms with E-state index in [2.05, 4.69) is 15.6 Å². The van der Waals surface area contributed by atoms with Gasteiger partial charge in [-0.3, -0.25) is 0 Å². The van der Waals surface area contributed by atoms with Crippen LogP contribution in [0.3, 0.4) is 0 Å². The third-order valence-corrected chi connectivity index (χ3v) is 3.03. The fourth-order valence-electron chi connectivity index (χ4n) is 1.66. The number of hydrogen-bond acceptors (Lipinski definition) is 4. The predicted octanol–water partition coefficient (Wildman–Crippen LogP) is 0.370. The third-order valence-electron chi connectivity index (χ3n) is 3.03. The molecule has 0 spiro atoms. The molecular weight excluding hydrogens is 295 g/mol. The van der Waals surface area contributed by atoms with Crippen molar-refractivity contribution >= 4 is 12.0 Å². The molecule has 1 aromatic rings. The van der Waals surface area contributed by atoms with Gasteiger partial charge in [0.15, 0.2) is 5.69 Å². The second kappa shape index (κ2) is 5.22. The van der Waals surface area contributed by atoms with Gasteiger partial charge in [-0.25, -0.2) is 14.3 Å². The lowest BCUT2D eigenvalue weighted by atomic mass is 10.2. The Morgan fingerprint density at radius 2 is 2.10 bits per heavy atom. The highest BCUT2D eigenvalue weighted by atomic mass is 19.4. The van der Waals surface area contributed by atoms with Crippen molar-refractivity contribution in [3.05, 3.63) is 11.9 Å². The van der Waals surface area contributed by atoms with Gasteiger partial charge in [0.1, 0.15) is 5.54 Å². The van der Waals surface area contributed by atoms with E-state index in [-0.39, 0.29) is 31.6 Å². The topological polar surface area (TPSA) is 109 Å². The molecule has 0 unspecified atom stereocenters. The second-order valence-corrected chi connectivity index (χ2v) is 4.63. The van der Waals surface area contributed by atoms with Gasteiger partial charge in [-0.2, -0.15) is 13.2 Å². The van der Waals surface area contributed by atoms with Gasteiger partial charge in [-0.15, -0.1) is 5.10 Å². The molecule has 0 atom stereocenters. The number of amides is 2. The van der Waals surface area contributed by atoms with Gasteiger partial charge >= 0.3 is 18.2 Å². The minimum absolute atomic E-state index is 0.0117. The molecule has 116 valence electrons. The Hall–Kier alpha value is -2.33. The molecule has 1 aliphatic carbocycles. The maximum Gasteiger partial charge on any atom is 0.411 e. The van der Waals surface area contributed by atoms with Crippen LogP contribution in [0.2, 0.25) is 0 Å². The number of carbonyl (C=O) groups excluding carboxylic acids is 1. The number of alkyl halides is 3. The van der Waals surface area contributed by atoms with E-state index in [0.717, 1.165) is 6.20 Å². The van der Waals surface area contributed by atoms with Crippen molar-refractivity contribution < 1.29 is 27.9 Å². The van der Waals surface area contributed by atoms with Gasteiger partial charge in [0.2, 0.25) is 0 Å². The number of aromatic nitrogens is 3. The Bertz CT molecular complexity index is 552. The highest BCUT2D eigenvalue weighted by Gasteiger charge is 2.64. The number of halogens is 3. The Morgan fingerprint density at radius 3 is 2.57 bits per heavy atom. The summed E-state index contributed by atoms with van der Waals surface area (Å²) in [4.78, 5) is 21.9. The van der Waals surface area contributed by atoms with Crippen LogP contribution in [-0.4, -0.2) is 50.4 Å². The van der Waals surface area contributed by atoms with Crippen LogP contribution in [0, 0.1) is 0 Å². The maximum atomic E-state index is 12.6. The largest absolute Gasteiger partial charge is 0.476 e. The van der Waals surface area contributed by atoms with Crippen molar-refractivity contribution in [2.45, 2.75) is 31.1 Å². The van der Waals surface area contributed by atoms with Gasteiger partial charge in [0, 0.05) is 6.54 Å². The van der Waals surface area contributed by atoms with Gasteiger partial charge in [-0.1, -0.05) is 5.21 Å². The van der Waals surface area contributed by atoms with Gasteiger partial charge in [-0.05, 0) is 12.8 Å². The van der Waals surface area contributed by atoms with Crippen molar-refractivity contribution in [3.63, 3.8) is 0 Å². The summed E-state index contributed by atoms with van der Waals surface area (Å²) < 4.78 is 39.0. The number of nitrogens with one attached hydrogen (secondary N) is 2. The first-order chi connectivity index (χ1) is 9.73. The van der Waals surface area contributed by atoms with Crippen molar-refractivity contribution in [2.75, 3.05) is 6.54 Å². The van der Waals surface area contributed by atoms with E-state index in [1.54, 1.807) is 0 Å². The Balaban J connectivity index is 1.76. The molecule has 2 rings (SSSR count). The number of carboxylic acid groups (broad SMARTS) is 1. The summed E-state index contributed by atoms with van der Waals surface area (Å²) in [6, 6.07) is -0.927. The number of nitrogens with zero attached hydrogens (tertiary/aromatic N) is 3. The molecule has 1 heterocycles. The quantitative estimate of drug-likeness (QED) is 0.728. The summed E-state index contributed by atoms with van der Waals surface area (Å²) in [6.45, 7) is 0.0783. The molecule has 1 aliphatic rings. The number of carbonyl (C=O) groups is 2. The van der Waals surface area contributed by atoms with Crippen molar-refractivity contribution in [1.82, 2.24) is 25.6 Å². The maximum absolute atomic E-state index is 12.6. The van der Waals surface area contributed by atoms with E-state index in [0.29, 0.717) is 0 Å². The van der Waals surface area contributed by atoms with Crippen LogP contribution in [0.4, 0.5) is 18.0 Å². The lowest BCUT2D eigenvalue weighted by Gasteiger charge is -2.20. The molecule has 0 aliphatic heterocycles. The molecule has 2 amide bonds. The summed E-state index contributed by atoms with van der Waals surface area (Å²) in [5, 5.41) is 19.6. The number of urea groups is 1. The zero-order valence-electron chi connectivity index (χ0n) is 10.6. The minimum atomic E-state index is -4.47. The highest BCUT2D eigenvalue weighted by Crippen LogP contribution is 2.48. The fraction of sp³-hybridized carbons (Fsp3) is 0.600. The van der Waals surface area contributed by atoms with Crippen LogP contribution >= 0.6 is 0 Å². The van der Waals surface area contributed by atoms with E-state index in [9.17, 15) is 22.8 Å². The van der Waals surface area contributed by atoms with Gasteiger partial charge < -0.3 is 15.7 Å². The lowest BCUT2D eigenvalue weighted by molar-refractivity contribution is -0.162. The van der Waals surface area contributed by atoms with Crippen LogP contribution in [0.15, 0.2) is 6.20 Å². The minimum Gasteiger partial charge on any atom is -0.476 e. The molecule has 0 bridgehead atoms. The molecule has 1 aromatic heterocycles. The van der Waals surface area contributed by atoms with Crippen LogP contribution in [0.5, 0.6) is 0 Å². The van der Waals surface area contributed by atoms with E-state index < -0.39 is 23.7 Å². The fourth-order valence-corrected chi connectivity index (χ4v) is 1.66. The van der Waals surface area contributed by atoms with Crippen LogP contribution in [0.25, 0.3) is 0 Å². The molecule has 1 saturated carbocycles. The standard InChI is InChI=1S/C10H12F3N5O3/c11-10(12,13)9(1-2-9)15-8(21)14-3-4-18-5-6(7(19)20)16-17-18/h5H,1-4H2,(H,19,20)(H2,14,15,21). The van der Waals surface area contributed by atoms with Gasteiger partial charge in [0.05, 0.1) is 12.7 Å². The average molecular weight is 307 g/mol. The Kier molecular flexibility index (Phi) is 3.75. The molecule has 0 saturated heterocycles. The normalized spacial score (nSPS) is 16.3.